The zero-order chi connectivity index (χ0) is 20.8. The molecule has 148 valence electrons. The minimum atomic E-state index is -0.220. The molecule has 0 radical (unpaired) electrons. The molecule has 0 fully saturated rings. The highest BCUT2D eigenvalue weighted by Gasteiger charge is 2.20. The second-order valence-corrected chi connectivity index (χ2v) is 7.36. The summed E-state index contributed by atoms with van der Waals surface area (Å²) in [6, 6.07) is 26.2. The van der Waals surface area contributed by atoms with Gasteiger partial charge in [0.15, 0.2) is 5.04 Å². The van der Waals surface area contributed by atoms with Crippen LogP contribution in [0.2, 0.25) is 0 Å². The van der Waals surface area contributed by atoms with E-state index in [1.54, 1.807) is 16.8 Å². The number of rotatable bonds is 6. The number of aromatic nitrogens is 4. The zero-order valence-corrected chi connectivity index (χ0v) is 17.0. The highest BCUT2D eigenvalue weighted by atomic mass is 32.2. The topological polar surface area (TPSA) is 85.1 Å². The van der Waals surface area contributed by atoms with E-state index in [1.165, 1.54) is 0 Å². The van der Waals surface area contributed by atoms with Gasteiger partial charge in [-0.3, -0.25) is 10.2 Å². The Morgan fingerprint density at radius 1 is 0.933 bits per heavy atom. The number of tetrazole rings is 1. The van der Waals surface area contributed by atoms with Crippen molar-refractivity contribution in [2.75, 3.05) is 5.43 Å². The molecule has 1 heterocycles. The number of hydrogen-bond donors (Lipinski definition) is 1. The van der Waals surface area contributed by atoms with Gasteiger partial charge in [-0.05, 0) is 53.4 Å². The molecule has 30 heavy (non-hydrogen) atoms. The lowest BCUT2D eigenvalue weighted by Gasteiger charge is -2.08. The van der Waals surface area contributed by atoms with Gasteiger partial charge in [0, 0.05) is 5.56 Å². The first-order valence-corrected chi connectivity index (χ1v) is 10.0. The van der Waals surface area contributed by atoms with Gasteiger partial charge in [0.1, 0.15) is 0 Å². The van der Waals surface area contributed by atoms with Crippen molar-refractivity contribution in [2.45, 2.75) is 12.1 Å². The lowest BCUT2D eigenvalue weighted by Crippen LogP contribution is -2.14. The molecule has 4 rings (SSSR count). The average molecular weight is 414 g/mol. The molecular weight excluding hydrogens is 396 g/mol. The van der Waals surface area contributed by atoms with Gasteiger partial charge < -0.3 is 0 Å². The van der Waals surface area contributed by atoms with Crippen LogP contribution in [0.5, 0.6) is 0 Å². The van der Waals surface area contributed by atoms with Crippen LogP contribution in [0.15, 0.2) is 95.2 Å². The largest absolute Gasteiger partial charge is 0.286 e. The standard InChI is InChI=1S/C22H18N6OS/c1-16-12-14-18(15-13-16)23-24-21(20(29)17-8-4-2-5-9-17)30-22-25-26-27-28(22)19-10-6-3-7-11-19/h2-15,23H,1H3/b24-21-. The third-order valence-corrected chi connectivity index (χ3v) is 5.11. The van der Waals surface area contributed by atoms with Gasteiger partial charge in [-0.1, -0.05) is 66.2 Å². The smallest absolute Gasteiger partial charge is 0.220 e. The van der Waals surface area contributed by atoms with Crippen LogP contribution in [0.25, 0.3) is 5.69 Å². The van der Waals surface area contributed by atoms with Crippen LogP contribution < -0.4 is 5.43 Å². The number of nitrogens with one attached hydrogen (secondary N) is 1. The number of anilines is 1. The second-order valence-electron chi connectivity index (χ2n) is 6.40. The van der Waals surface area contributed by atoms with Crippen molar-refractivity contribution in [1.29, 1.82) is 0 Å². The normalized spacial score (nSPS) is 11.3. The highest BCUT2D eigenvalue weighted by Crippen LogP contribution is 2.22. The van der Waals surface area contributed by atoms with E-state index < -0.39 is 0 Å². The molecule has 0 atom stereocenters. The van der Waals surface area contributed by atoms with Crippen molar-refractivity contribution >= 4 is 28.3 Å². The van der Waals surface area contributed by atoms with Crippen LogP contribution in [0.1, 0.15) is 15.9 Å². The van der Waals surface area contributed by atoms with Crippen molar-refractivity contribution in [3.8, 4) is 5.69 Å². The van der Waals surface area contributed by atoms with E-state index in [4.69, 9.17) is 0 Å². The van der Waals surface area contributed by atoms with Crippen molar-refractivity contribution in [3.63, 3.8) is 0 Å². The molecule has 0 bridgehead atoms. The maximum Gasteiger partial charge on any atom is 0.220 e. The van der Waals surface area contributed by atoms with Crippen LogP contribution in [0.3, 0.4) is 0 Å². The molecule has 1 N–H and O–H groups in total. The fraction of sp³-hybridized carbons (Fsp3) is 0.0455. The van der Waals surface area contributed by atoms with Crippen LogP contribution in [0, 0.1) is 6.92 Å². The first kappa shape index (κ1) is 19.5. The SMILES string of the molecule is Cc1ccc(N/N=C(\Sc2nnnn2-c2ccccc2)C(=O)c2ccccc2)cc1. The summed E-state index contributed by atoms with van der Waals surface area (Å²) in [4.78, 5) is 13.1. The monoisotopic (exact) mass is 414 g/mol. The number of benzene rings is 3. The van der Waals surface area contributed by atoms with Crippen molar-refractivity contribution in [2.24, 2.45) is 5.10 Å². The summed E-state index contributed by atoms with van der Waals surface area (Å²) < 4.78 is 1.57. The Bertz CT molecular complexity index is 1160. The summed E-state index contributed by atoms with van der Waals surface area (Å²) in [6.45, 7) is 2.01. The number of Topliss-reactive ketones (excluding diaryl/α,β-unsaturated/α-hetero) is 1. The van der Waals surface area contributed by atoms with Crippen molar-refractivity contribution in [3.05, 3.63) is 96.1 Å². The Morgan fingerprint density at radius 3 is 2.30 bits per heavy atom. The van der Waals surface area contributed by atoms with E-state index in [-0.39, 0.29) is 10.8 Å². The number of nitrogens with zero attached hydrogens (tertiary/aromatic N) is 5. The number of hydrazone groups is 1. The quantitative estimate of drug-likeness (QED) is 0.166. The molecule has 1 aromatic heterocycles. The number of carbonyl (C=O) groups is 1. The van der Waals surface area contributed by atoms with Crippen LogP contribution in [-0.4, -0.2) is 31.0 Å². The van der Waals surface area contributed by atoms with Crippen LogP contribution >= 0.6 is 11.8 Å². The summed E-state index contributed by atoms with van der Waals surface area (Å²) >= 11 is 1.11. The van der Waals surface area contributed by atoms with Gasteiger partial charge in [-0.15, -0.1) is 5.10 Å². The van der Waals surface area contributed by atoms with Crippen LogP contribution in [-0.2, 0) is 0 Å². The Kier molecular flexibility index (Phi) is 5.95. The molecule has 0 unspecified atom stereocenters. The summed E-state index contributed by atoms with van der Waals surface area (Å²) in [7, 11) is 0. The average Bonchev–Trinajstić information content (AvgIpc) is 3.26. The van der Waals surface area contributed by atoms with Gasteiger partial charge in [0.05, 0.1) is 11.4 Å². The maximum absolute atomic E-state index is 13.1. The predicted molar refractivity (Wildman–Crippen MR) is 118 cm³/mol. The lowest BCUT2D eigenvalue weighted by atomic mass is 10.1. The Labute approximate surface area is 177 Å². The predicted octanol–water partition coefficient (Wildman–Crippen LogP) is 4.37. The van der Waals surface area contributed by atoms with E-state index in [1.807, 2.05) is 79.7 Å². The molecule has 0 saturated carbocycles. The van der Waals surface area contributed by atoms with Gasteiger partial charge in [0.25, 0.3) is 0 Å². The number of thioether (sulfide) groups is 1. The lowest BCUT2D eigenvalue weighted by molar-refractivity contribution is 0.106. The molecule has 0 aliphatic heterocycles. The molecule has 0 amide bonds. The van der Waals surface area contributed by atoms with Crippen molar-refractivity contribution < 1.29 is 4.79 Å². The summed E-state index contributed by atoms with van der Waals surface area (Å²) in [6.07, 6.45) is 0. The second kappa shape index (κ2) is 9.15. The Hall–Kier alpha value is -3.78. The van der Waals surface area contributed by atoms with Gasteiger partial charge in [-0.2, -0.15) is 9.78 Å². The first-order valence-electron chi connectivity index (χ1n) is 9.22. The zero-order valence-electron chi connectivity index (χ0n) is 16.1. The first-order chi connectivity index (χ1) is 14.7. The highest BCUT2D eigenvalue weighted by molar-refractivity contribution is 8.15. The van der Waals surface area contributed by atoms with Gasteiger partial charge in [0.2, 0.25) is 10.9 Å². The Balaban J connectivity index is 1.66. The summed E-state index contributed by atoms with van der Waals surface area (Å²) in [5, 5.41) is 16.9. The van der Waals surface area contributed by atoms with Crippen LogP contribution in [0.4, 0.5) is 5.69 Å². The summed E-state index contributed by atoms with van der Waals surface area (Å²) in [5.74, 6) is -0.220. The summed E-state index contributed by atoms with van der Waals surface area (Å²) in [5.41, 5.74) is 6.21. The molecule has 0 spiro atoms. The van der Waals surface area contributed by atoms with Crippen molar-refractivity contribution in [1.82, 2.24) is 20.2 Å². The number of hydrogen-bond acceptors (Lipinski definition) is 7. The van der Waals surface area contributed by atoms with E-state index in [2.05, 4.69) is 26.1 Å². The molecule has 7 nitrogen and oxygen atoms in total. The fourth-order valence-corrected chi connectivity index (χ4v) is 3.42. The molecule has 0 saturated heterocycles. The minimum absolute atomic E-state index is 0.220. The molecule has 0 aliphatic rings. The fourth-order valence-electron chi connectivity index (χ4n) is 2.64. The van der Waals surface area contributed by atoms with E-state index in [0.29, 0.717) is 10.7 Å². The van der Waals surface area contributed by atoms with E-state index in [9.17, 15) is 4.79 Å². The van der Waals surface area contributed by atoms with E-state index >= 15 is 0 Å². The Morgan fingerprint density at radius 2 is 1.60 bits per heavy atom. The number of ketones is 1. The third-order valence-electron chi connectivity index (χ3n) is 4.20. The molecule has 0 aliphatic carbocycles. The third kappa shape index (κ3) is 4.61. The van der Waals surface area contributed by atoms with E-state index in [0.717, 1.165) is 28.7 Å². The van der Waals surface area contributed by atoms with Gasteiger partial charge in [-0.25, -0.2) is 0 Å². The molecular formula is C22H18N6OS. The number of aryl methyl sites for hydroxylation is 1. The minimum Gasteiger partial charge on any atom is -0.286 e. The molecule has 8 heteroatoms. The molecule has 3 aromatic carbocycles. The molecule has 4 aromatic rings. The van der Waals surface area contributed by atoms with Gasteiger partial charge >= 0.3 is 0 Å². The number of carbonyl (C=O) groups excluding carboxylic acids is 1. The number of para-hydroxylation sites is 1. The maximum atomic E-state index is 13.1.